The van der Waals surface area contributed by atoms with E-state index in [0.29, 0.717) is 24.5 Å². The predicted octanol–water partition coefficient (Wildman–Crippen LogP) is 6.68. The highest BCUT2D eigenvalue weighted by Gasteiger charge is 2.17. The van der Waals surface area contributed by atoms with Crippen molar-refractivity contribution in [1.29, 1.82) is 0 Å². The van der Waals surface area contributed by atoms with E-state index in [-0.39, 0.29) is 6.09 Å². The van der Waals surface area contributed by atoms with E-state index in [2.05, 4.69) is 49.3 Å². The first-order chi connectivity index (χ1) is 14.0. The van der Waals surface area contributed by atoms with Gasteiger partial charge in [0, 0.05) is 23.6 Å². The van der Waals surface area contributed by atoms with Crippen LogP contribution in [-0.4, -0.2) is 29.8 Å². The van der Waals surface area contributed by atoms with Crippen molar-refractivity contribution < 1.29 is 14.3 Å². The second kappa shape index (κ2) is 10.7. The summed E-state index contributed by atoms with van der Waals surface area (Å²) < 4.78 is 11.4. The fourth-order valence-electron chi connectivity index (χ4n) is 3.51. The molecular weight excluding hydrogens is 376 g/mol. The monoisotopic (exact) mass is 416 g/mol. The number of alkyl carbamates (subject to hydrolysis) is 1. The van der Waals surface area contributed by atoms with Crippen LogP contribution >= 0.6 is 0 Å². The predicted molar refractivity (Wildman–Crippen MR) is 124 cm³/mol. The zero-order chi connectivity index (χ0) is 22.2. The molecule has 2 N–H and O–H groups in total. The standard InChI is InChI=1S/C25H40N2O3/c1-24(2,3)14-7-8-19(11-15-27-23(28)30-25(4,5)6)13-17-29-21-9-10-22-20(18-21)12-16-26-22/h9-10,12,16,18-19,26H,7-8,11,13-15,17H2,1-6H3,(H,27,28). The van der Waals surface area contributed by atoms with Crippen LogP contribution in [0.3, 0.4) is 0 Å². The van der Waals surface area contributed by atoms with Gasteiger partial charge in [-0.1, -0.05) is 33.6 Å². The van der Waals surface area contributed by atoms with Gasteiger partial charge in [-0.15, -0.1) is 0 Å². The molecule has 0 aliphatic carbocycles. The summed E-state index contributed by atoms with van der Waals surface area (Å²) in [5, 5.41) is 4.06. The Bertz CT molecular complexity index is 784. The van der Waals surface area contributed by atoms with Crippen molar-refractivity contribution in [3.05, 3.63) is 30.5 Å². The van der Waals surface area contributed by atoms with Crippen molar-refractivity contribution in [2.75, 3.05) is 13.2 Å². The van der Waals surface area contributed by atoms with E-state index in [1.807, 2.05) is 33.0 Å². The molecule has 0 saturated heterocycles. The number of amides is 1. The molecule has 0 radical (unpaired) electrons. The van der Waals surface area contributed by atoms with Gasteiger partial charge in [-0.2, -0.15) is 0 Å². The Hall–Kier alpha value is -2.17. The van der Waals surface area contributed by atoms with Gasteiger partial charge in [0.05, 0.1) is 6.61 Å². The van der Waals surface area contributed by atoms with Gasteiger partial charge in [0.2, 0.25) is 0 Å². The fourth-order valence-corrected chi connectivity index (χ4v) is 3.51. The molecule has 5 heteroatoms. The van der Waals surface area contributed by atoms with E-state index in [1.165, 1.54) is 12.8 Å². The molecule has 1 heterocycles. The molecule has 168 valence electrons. The minimum absolute atomic E-state index is 0.341. The largest absolute Gasteiger partial charge is 0.494 e. The highest BCUT2D eigenvalue weighted by atomic mass is 16.6. The number of benzene rings is 1. The molecular formula is C25H40N2O3. The Morgan fingerprint density at radius 1 is 1.07 bits per heavy atom. The number of fused-ring (bicyclic) bond motifs is 1. The second-order valence-corrected chi connectivity index (χ2v) is 10.4. The molecule has 0 aliphatic rings. The maximum Gasteiger partial charge on any atom is 0.407 e. The number of hydrogen-bond donors (Lipinski definition) is 2. The Morgan fingerprint density at radius 3 is 2.53 bits per heavy atom. The van der Waals surface area contributed by atoms with Gasteiger partial charge in [0.1, 0.15) is 11.4 Å². The molecule has 1 aromatic heterocycles. The second-order valence-electron chi connectivity index (χ2n) is 10.4. The molecule has 0 bridgehead atoms. The van der Waals surface area contributed by atoms with Crippen molar-refractivity contribution in [3.63, 3.8) is 0 Å². The SMILES string of the molecule is CC(C)(C)CCCC(CCNC(=O)OC(C)(C)C)CCOc1ccc2[nH]ccc2c1. The van der Waals surface area contributed by atoms with Crippen LogP contribution in [0.15, 0.2) is 30.5 Å². The minimum Gasteiger partial charge on any atom is -0.494 e. The first-order valence-electron chi connectivity index (χ1n) is 11.2. The number of carbonyl (C=O) groups is 1. The third-order valence-electron chi connectivity index (χ3n) is 5.08. The van der Waals surface area contributed by atoms with Crippen LogP contribution in [0, 0.1) is 11.3 Å². The summed E-state index contributed by atoms with van der Waals surface area (Å²) in [4.78, 5) is 15.1. The smallest absolute Gasteiger partial charge is 0.407 e. The van der Waals surface area contributed by atoms with Gasteiger partial charge in [-0.3, -0.25) is 0 Å². The summed E-state index contributed by atoms with van der Waals surface area (Å²) in [5.41, 5.74) is 1.00. The molecule has 1 unspecified atom stereocenters. The van der Waals surface area contributed by atoms with Crippen LogP contribution in [0.1, 0.15) is 73.6 Å². The summed E-state index contributed by atoms with van der Waals surface area (Å²) in [5.74, 6) is 1.42. The van der Waals surface area contributed by atoms with Gasteiger partial charge in [-0.05, 0) is 75.6 Å². The van der Waals surface area contributed by atoms with Crippen molar-refractivity contribution in [2.24, 2.45) is 11.3 Å². The lowest BCUT2D eigenvalue weighted by atomic mass is 9.86. The Kier molecular flexibility index (Phi) is 8.63. The summed E-state index contributed by atoms with van der Waals surface area (Å²) in [6.07, 6.45) is 7.05. The Morgan fingerprint density at radius 2 is 1.83 bits per heavy atom. The summed E-state index contributed by atoms with van der Waals surface area (Å²) in [6.45, 7) is 13.8. The van der Waals surface area contributed by atoms with Crippen LogP contribution in [0.2, 0.25) is 0 Å². The molecule has 2 rings (SSSR count). The van der Waals surface area contributed by atoms with Crippen LogP contribution in [0.5, 0.6) is 5.75 Å². The molecule has 1 aromatic carbocycles. The lowest BCUT2D eigenvalue weighted by Gasteiger charge is -2.22. The normalized spacial score (nSPS) is 13.3. The maximum absolute atomic E-state index is 11.9. The molecule has 1 atom stereocenters. The van der Waals surface area contributed by atoms with Crippen LogP contribution in [-0.2, 0) is 4.74 Å². The molecule has 0 aliphatic heterocycles. The van der Waals surface area contributed by atoms with Crippen LogP contribution in [0.4, 0.5) is 4.79 Å². The zero-order valence-electron chi connectivity index (χ0n) is 19.6. The van der Waals surface area contributed by atoms with E-state index in [0.717, 1.165) is 35.9 Å². The van der Waals surface area contributed by atoms with Crippen LogP contribution < -0.4 is 10.1 Å². The molecule has 5 nitrogen and oxygen atoms in total. The lowest BCUT2D eigenvalue weighted by Crippen LogP contribution is -2.33. The minimum atomic E-state index is -0.468. The van der Waals surface area contributed by atoms with Crippen LogP contribution in [0.25, 0.3) is 10.9 Å². The first-order valence-corrected chi connectivity index (χ1v) is 11.2. The Balaban J connectivity index is 1.81. The van der Waals surface area contributed by atoms with Gasteiger partial charge >= 0.3 is 6.09 Å². The number of carbonyl (C=O) groups excluding carboxylic acids is 1. The number of aromatic amines is 1. The van der Waals surface area contributed by atoms with Gasteiger partial charge < -0.3 is 19.8 Å². The Labute approximate surface area is 181 Å². The van der Waals surface area contributed by atoms with Gasteiger partial charge in [-0.25, -0.2) is 4.79 Å². The fraction of sp³-hybridized carbons (Fsp3) is 0.640. The molecule has 0 fully saturated rings. The van der Waals surface area contributed by atoms with Crippen molar-refractivity contribution in [1.82, 2.24) is 10.3 Å². The summed E-state index contributed by atoms with van der Waals surface area (Å²) in [7, 11) is 0. The van der Waals surface area contributed by atoms with Crippen molar-refractivity contribution in [3.8, 4) is 5.75 Å². The molecule has 1 amide bonds. The summed E-state index contributed by atoms with van der Waals surface area (Å²) >= 11 is 0. The van der Waals surface area contributed by atoms with Gasteiger partial charge in [0.25, 0.3) is 0 Å². The lowest BCUT2D eigenvalue weighted by molar-refractivity contribution is 0.0524. The van der Waals surface area contributed by atoms with E-state index in [9.17, 15) is 4.79 Å². The highest BCUT2D eigenvalue weighted by molar-refractivity contribution is 5.80. The molecule has 2 aromatic rings. The average molecular weight is 417 g/mol. The number of hydrogen-bond acceptors (Lipinski definition) is 3. The number of aromatic nitrogens is 1. The van der Waals surface area contributed by atoms with E-state index in [1.54, 1.807) is 0 Å². The molecule has 0 saturated carbocycles. The maximum atomic E-state index is 11.9. The average Bonchev–Trinajstić information content (AvgIpc) is 3.06. The quantitative estimate of drug-likeness (QED) is 0.454. The van der Waals surface area contributed by atoms with Crippen molar-refractivity contribution >= 4 is 17.0 Å². The van der Waals surface area contributed by atoms with Gasteiger partial charge in [0.15, 0.2) is 0 Å². The topological polar surface area (TPSA) is 63.4 Å². The molecule has 0 spiro atoms. The number of rotatable bonds is 10. The van der Waals surface area contributed by atoms with E-state index < -0.39 is 5.60 Å². The number of nitrogens with one attached hydrogen (secondary N) is 2. The first kappa shape index (κ1) is 24.1. The van der Waals surface area contributed by atoms with E-state index >= 15 is 0 Å². The highest BCUT2D eigenvalue weighted by Crippen LogP contribution is 2.26. The molecule has 30 heavy (non-hydrogen) atoms. The van der Waals surface area contributed by atoms with E-state index in [4.69, 9.17) is 9.47 Å². The zero-order valence-corrected chi connectivity index (χ0v) is 19.6. The summed E-state index contributed by atoms with van der Waals surface area (Å²) in [6, 6.07) is 8.19. The third kappa shape index (κ3) is 9.55. The number of ether oxygens (including phenoxy) is 2. The number of H-pyrrole nitrogens is 1. The van der Waals surface area contributed by atoms with Crippen molar-refractivity contribution in [2.45, 2.75) is 79.2 Å². The third-order valence-corrected chi connectivity index (χ3v) is 5.08.